The van der Waals surface area contributed by atoms with Crippen LogP contribution in [0.1, 0.15) is 37.0 Å². The van der Waals surface area contributed by atoms with Gasteiger partial charge in [0.25, 0.3) is 0 Å². The standard InChI is InChI=1S/C19H29N5O2.HI/c1-14(2)18-22-17(26-23-18)10-11-21-19(20-4)24(5)12-13-25-16-9-7-6-8-15(16)3;/h6-9,14H,10-13H2,1-5H3,(H,20,21);1H. The van der Waals surface area contributed by atoms with Crippen LogP contribution in [0.3, 0.4) is 0 Å². The van der Waals surface area contributed by atoms with E-state index in [1.165, 1.54) is 0 Å². The van der Waals surface area contributed by atoms with Crippen molar-refractivity contribution >= 4 is 29.9 Å². The first-order valence-corrected chi connectivity index (χ1v) is 8.94. The predicted molar refractivity (Wildman–Crippen MR) is 118 cm³/mol. The number of para-hydroxylation sites is 1. The third kappa shape index (κ3) is 7.36. The van der Waals surface area contributed by atoms with Gasteiger partial charge in [0, 0.05) is 33.0 Å². The van der Waals surface area contributed by atoms with E-state index in [4.69, 9.17) is 9.26 Å². The number of nitrogens with zero attached hydrogens (tertiary/aromatic N) is 4. The summed E-state index contributed by atoms with van der Waals surface area (Å²) >= 11 is 0. The Labute approximate surface area is 178 Å². The molecule has 0 saturated carbocycles. The van der Waals surface area contributed by atoms with Crippen LogP contribution in [0.5, 0.6) is 5.75 Å². The number of hydrogen-bond acceptors (Lipinski definition) is 5. The number of aromatic nitrogens is 2. The number of hydrogen-bond donors (Lipinski definition) is 1. The summed E-state index contributed by atoms with van der Waals surface area (Å²) in [5.74, 6) is 3.38. The Morgan fingerprint density at radius 3 is 2.70 bits per heavy atom. The van der Waals surface area contributed by atoms with Crippen molar-refractivity contribution in [2.24, 2.45) is 4.99 Å². The second-order valence-corrected chi connectivity index (χ2v) is 6.46. The minimum Gasteiger partial charge on any atom is -0.491 e. The first kappa shape index (κ1) is 23.2. The zero-order chi connectivity index (χ0) is 18.9. The van der Waals surface area contributed by atoms with Crippen molar-refractivity contribution in [2.45, 2.75) is 33.1 Å². The Hall–Kier alpha value is -1.84. The Morgan fingerprint density at radius 1 is 1.33 bits per heavy atom. The van der Waals surface area contributed by atoms with E-state index in [1.807, 2.05) is 57.0 Å². The van der Waals surface area contributed by atoms with Gasteiger partial charge in [-0.25, -0.2) is 0 Å². The second kappa shape index (κ2) is 11.8. The van der Waals surface area contributed by atoms with Crippen LogP contribution in [0.15, 0.2) is 33.8 Å². The molecule has 0 unspecified atom stereocenters. The van der Waals surface area contributed by atoms with Gasteiger partial charge in [-0.05, 0) is 18.6 Å². The molecular formula is C19H30IN5O2. The van der Waals surface area contributed by atoms with Crippen molar-refractivity contribution in [2.75, 3.05) is 33.8 Å². The monoisotopic (exact) mass is 487 g/mol. The molecule has 1 aromatic carbocycles. The van der Waals surface area contributed by atoms with Crippen molar-refractivity contribution < 1.29 is 9.26 Å². The lowest BCUT2D eigenvalue weighted by Crippen LogP contribution is -2.41. The highest BCUT2D eigenvalue weighted by Gasteiger charge is 2.10. The summed E-state index contributed by atoms with van der Waals surface area (Å²) in [4.78, 5) is 10.7. The van der Waals surface area contributed by atoms with E-state index in [0.29, 0.717) is 25.5 Å². The fraction of sp³-hybridized carbons (Fsp3) is 0.526. The van der Waals surface area contributed by atoms with Crippen LogP contribution in [0, 0.1) is 6.92 Å². The molecule has 150 valence electrons. The molecule has 0 aliphatic carbocycles. The fourth-order valence-electron chi connectivity index (χ4n) is 2.39. The molecule has 0 amide bonds. The van der Waals surface area contributed by atoms with Gasteiger partial charge in [-0.2, -0.15) is 4.98 Å². The minimum absolute atomic E-state index is 0. The summed E-state index contributed by atoms with van der Waals surface area (Å²) in [6.45, 7) is 8.12. The molecule has 0 saturated heterocycles. The third-order valence-electron chi connectivity index (χ3n) is 3.97. The average Bonchev–Trinajstić information content (AvgIpc) is 3.09. The van der Waals surface area contributed by atoms with Gasteiger partial charge >= 0.3 is 0 Å². The molecule has 7 nitrogen and oxygen atoms in total. The highest BCUT2D eigenvalue weighted by Crippen LogP contribution is 2.15. The normalized spacial score (nSPS) is 11.3. The lowest BCUT2D eigenvalue weighted by molar-refractivity contribution is 0.279. The number of likely N-dealkylation sites (N-methyl/N-ethyl adjacent to an activating group) is 1. The number of halogens is 1. The maximum absolute atomic E-state index is 5.84. The molecule has 0 aliphatic rings. The van der Waals surface area contributed by atoms with E-state index in [0.717, 1.165) is 29.6 Å². The van der Waals surface area contributed by atoms with Gasteiger partial charge in [0.2, 0.25) is 5.89 Å². The first-order chi connectivity index (χ1) is 12.5. The smallest absolute Gasteiger partial charge is 0.228 e. The molecule has 0 bridgehead atoms. The molecule has 1 aromatic heterocycles. The van der Waals surface area contributed by atoms with Crippen LogP contribution < -0.4 is 10.1 Å². The van der Waals surface area contributed by atoms with Crippen LogP contribution in [-0.4, -0.2) is 54.8 Å². The fourth-order valence-corrected chi connectivity index (χ4v) is 2.39. The summed E-state index contributed by atoms with van der Waals surface area (Å²) in [7, 11) is 3.75. The van der Waals surface area contributed by atoms with E-state index < -0.39 is 0 Å². The first-order valence-electron chi connectivity index (χ1n) is 8.94. The number of ether oxygens (including phenoxy) is 1. The molecule has 1 N–H and O–H groups in total. The van der Waals surface area contributed by atoms with Gasteiger partial charge in [-0.15, -0.1) is 24.0 Å². The predicted octanol–water partition coefficient (Wildman–Crippen LogP) is 3.25. The number of rotatable bonds is 8. The molecule has 1 heterocycles. The Bertz CT molecular complexity index is 718. The molecule has 2 aromatic rings. The highest BCUT2D eigenvalue weighted by atomic mass is 127. The van der Waals surface area contributed by atoms with Crippen molar-refractivity contribution in [3.8, 4) is 5.75 Å². The van der Waals surface area contributed by atoms with Gasteiger partial charge in [0.05, 0.1) is 6.54 Å². The SMILES string of the molecule is CN=C(NCCc1nc(C(C)C)no1)N(C)CCOc1ccccc1C.I. The van der Waals surface area contributed by atoms with Gasteiger partial charge in [0.1, 0.15) is 12.4 Å². The summed E-state index contributed by atoms with van der Waals surface area (Å²) in [6.07, 6.45) is 0.659. The summed E-state index contributed by atoms with van der Waals surface area (Å²) in [6, 6.07) is 8.02. The quantitative estimate of drug-likeness (QED) is 0.350. The molecule has 27 heavy (non-hydrogen) atoms. The van der Waals surface area contributed by atoms with Crippen LogP contribution in [-0.2, 0) is 6.42 Å². The Morgan fingerprint density at radius 2 is 2.07 bits per heavy atom. The lowest BCUT2D eigenvalue weighted by Gasteiger charge is -2.22. The van der Waals surface area contributed by atoms with Crippen molar-refractivity contribution in [3.05, 3.63) is 41.5 Å². The summed E-state index contributed by atoms with van der Waals surface area (Å²) in [5, 5.41) is 7.28. The molecule has 0 aliphatic heterocycles. The molecule has 8 heteroatoms. The van der Waals surface area contributed by atoms with Gasteiger partial charge < -0.3 is 19.5 Å². The Balaban J connectivity index is 0.00000364. The Kier molecular flexibility index (Phi) is 10.1. The van der Waals surface area contributed by atoms with Crippen molar-refractivity contribution in [1.82, 2.24) is 20.4 Å². The third-order valence-corrected chi connectivity index (χ3v) is 3.97. The summed E-state index contributed by atoms with van der Waals surface area (Å²) in [5.41, 5.74) is 1.14. The van der Waals surface area contributed by atoms with Crippen molar-refractivity contribution in [1.29, 1.82) is 0 Å². The molecule has 2 rings (SSSR count). The van der Waals surface area contributed by atoms with Crippen LogP contribution in [0.2, 0.25) is 0 Å². The van der Waals surface area contributed by atoms with E-state index in [-0.39, 0.29) is 29.9 Å². The number of guanidine groups is 1. The average molecular weight is 487 g/mol. The van der Waals surface area contributed by atoms with E-state index in [1.54, 1.807) is 7.05 Å². The largest absolute Gasteiger partial charge is 0.491 e. The van der Waals surface area contributed by atoms with Gasteiger partial charge in [0.15, 0.2) is 11.8 Å². The number of benzene rings is 1. The zero-order valence-corrected chi connectivity index (χ0v) is 19.1. The molecule has 0 fully saturated rings. The molecule has 0 spiro atoms. The number of aryl methyl sites for hydroxylation is 1. The number of nitrogens with one attached hydrogen (secondary N) is 1. The highest BCUT2D eigenvalue weighted by molar-refractivity contribution is 14.0. The van der Waals surface area contributed by atoms with Crippen LogP contribution in [0.25, 0.3) is 0 Å². The van der Waals surface area contributed by atoms with Crippen LogP contribution in [0.4, 0.5) is 0 Å². The van der Waals surface area contributed by atoms with E-state index >= 15 is 0 Å². The lowest BCUT2D eigenvalue weighted by atomic mass is 10.2. The topological polar surface area (TPSA) is 75.8 Å². The molecule has 0 atom stereocenters. The zero-order valence-electron chi connectivity index (χ0n) is 16.7. The molecular weight excluding hydrogens is 457 g/mol. The minimum atomic E-state index is 0. The maximum Gasteiger partial charge on any atom is 0.228 e. The van der Waals surface area contributed by atoms with E-state index in [2.05, 4.69) is 20.4 Å². The summed E-state index contributed by atoms with van der Waals surface area (Å²) < 4.78 is 11.1. The van der Waals surface area contributed by atoms with Gasteiger partial charge in [-0.3, -0.25) is 4.99 Å². The maximum atomic E-state index is 5.84. The number of aliphatic imine (C=N–C) groups is 1. The second-order valence-electron chi connectivity index (χ2n) is 6.46. The van der Waals surface area contributed by atoms with Gasteiger partial charge in [-0.1, -0.05) is 37.2 Å². The van der Waals surface area contributed by atoms with Crippen LogP contribution >= 0.6 is 24.0 Å². The molecule has 0 radical (unpaired) electrons. The van der Waals surface area contributed by atoms with E-state index in [9.17, 15) is 0 Å². The van der Waals surface area contributed by atoms with Crippen molar-refractivity contribution in [3.63, 3.8) is 0 Å².